The van der Waals surface area contributed by atoms with Gasteiger partial charge >= 0.3 is 0 Å². The Morgan fingerprint density at radius 2 is 2.05 bits per heavy atom. The molecule has 0 radical (unpaired) electrons. The van der Waals surface area contributed by atoms with E-state index in [1.165, 1.54) is 0 Å². The van der Waals surface area contributed by atoms with E-state index in [2.05, 4.69) is 10.3 Å². The summed E-state index contributed by atoms with van der Waals surface area (Å²) in [4.78, 5) is 4.39. The molecule has 0 atom stereocenters. The number of fused-ring (bicyclic) bond motifs is 2. The van der Waals surface area contributed by atoms with Crippen molar-refractivity contribution in [2.24, 2.45) is 5.73 Å². The summed E-state index contributed by atoms with van der Waals surface area (Å²) in [6.45, 7) is 1.89. The van der Waals surface area contributed by atoms with Gasteiger partial charge in [-0.25, -0.2) is 4.98 Å². The molecular weight excluding hydrogens is 242 g/mol. The SMILES string of the molecule is NCCCCNc1nccc2cc3c(cc12)OCO3. The second-order valence-corrected chi connectivity index (χ2v) is 4.51. The van der Waals surface area contributed by atoms with E-state index in [1.54, 1.807) is 6.20 Å². The zero-order valence-electron chi connectivity index (χ0n) is 10.7. The third-order valence-corrected chi connectivity index (χ3v) is 3.18. The molecule has 3 rings (SSSR count). The second kappa shape index (κ2) is 5.32. The highest BCUT2D eigenvalue weighted by molar-refractivity contribution is 5.94. The Kier molecular flexibility index (Phi) is 3.37. The van der Waals surface area contributed by atoms with Gasteiger partial charge in [-0.2, -0.15) is 0 Å². The maximum Gasteiger partial charge on any atom is 0.231 e. The van der Waals surface area contributed by atoms with Crippen LogP contribution in [0.2, 0.25) is 0 Å². The van der Waals surface area contributed by atoms with Crippen molar-refractivity contribution < 1.29 is 9.47 Å². The molecule has 0 bridgehead atoms. The zero-order valence-corrected chi connectivity index (χ0v) is 10.7. The quantitative estimate of drug-likeness (QED) is 0.805. The fourth-order valence-corrected chi connectivity index (χ4v) is 2.18. The normalized spacial score (nSPS) is 12.9. The van der Waals surface area contributed by atoms with Gasteiger partial charge in [0.2, 0.25) is 6.79 Å². The molecule has 0 saturated carbocycles. The van der Waals surface area contributed by atoms with Gasteiger partial charge < -0.3 is 20.5 Å². The van der Waals surface area contributed by atoms with Crippen LogP contribution in [0.1, 0.15) is 12.8 Å². The summed E-state index contributed by atoms with van der Waals surface area (Å²) in [6.07, 6.45) is 3.86. The van der Waals surface area contributed by atoms with E-state index in [9.17, 15) is 0 Å². The van der Waals surface area contributed by atoms with Gasteiger partial charge in [0.1, 0.15) is 5.82 Å². The third-order valence-electron chi connectivity index (χ3n) is 3.18. The molecule has 0 spiro atoms. The lowest BCUT2D eigenvalue weighted by atomic mass is 10.1. The second-order valence-electron chi connectivity index (χ2n) is 4.51. The number of benzene rings is 1. The number of anilines is 1. The number of nitrogens with zero attached hydrogens (tertiary/aromatic N) is 1. The monoisotopic (exact) mass is 259 g/mol. The molecule has 0 unspecified atom stereocenters. The standard InChI is InChI=1S/C14H17N3O2/c15-4-1-2-5-16-14-11-8-13-12(18-9-19-13)7-10(11)3-6-17-14/h3,6-8H,1-2,4-5,9,15H2,(H,16,17). The Bertz CT molecular complexity index is 586. The molecule has 0 aliphatic carbocycles. The van der Waals surface area contributed by atoms with E-state index in [4.69, 9.17) is 15.2 Å². The highest BCUT2D eigenvalue weighted by atomic mass is 16.7. The molecular formula is C14H17N3O2. The van der Waals surface area contributed by atoms with Crippen molar-refractivity contribution in [1.29, 1.82) is 0 Å². The van der Waals surface area contributed by atoms with Gasteiger partial charge in [-0.3, -0.25) is 0 Å². The largest absolute Gasteiger partial charge is 0.454 e. The van der Waals surface area contributed by atoms with Crippen molar-refractivity contribution in [3.8, 4) is 11.5 Å². The molecule has 2 aromatic rings. The van der Waals surface area contributed by atoms with Crippen LogP contribution in [0.5, 0.6) is 11.5 Å². The van der Waals surface area contributed by atoms with Crippen molar-refractivity contribution in [3.05, 3.63) is 24.4 Å². The molecule has 2 heterocycles. The number of nitrogens with one attached hydrogen (secondary N) is 1. The Labute approximate surface area is 111 Å². The van der Waals surface area contributed by atoms with Gasteiger partial charge in [-0.05, 0) is 43.0 Å². The molecule has 100 valence electrons. The lowest BCUT2D eigenvalue weighted by Gasteiger charge is -2.09. The van der Waals surface area contributed by atoms with Gasteiger partial charge in [0, 0.05) is 18.1 Å². The van der Waals surface area contributed by atoms with Gasteiger partial charge in [0.15, 0.2) is 11.5 Å². The van der Waals surface area contributed by atoms with Crippen LogP contribution in [0.15, 0.2) is 24.4 Å². The van der Waals surface area contributed by atoms with Crippen molar-refractivity contribution in [3.63, 3.8) is 0 Å². The molecule has 1 aliphatic heterocycles. The highest BCUT2D eigenvalue weighted by Crippen LogP contribution is 2.37. The maximum atomic E-state index is 5.49. The van der Waals surface area contributed by atoms with Crippen LogP contribution < -0.4 is 20.5 Å². The topological polar surface area (TPSA) is 69.4 Å². The van der Waals surface area contributed by atoms with Crippen molar-refractivity contribution in [2.45, 2.75) is 12.8 Å². The van der Waals surface area contributed by atoms with Crippen molar-refractivity contribution >= 4 is 16.6 Å². The summed E-state index contributed by atoms with van der Waals surface area (Å²) in [5.41, 5.74) is 5.49. The number of nitrogens with two attached hydrogens (primary N) is 1. The predicted octanol–water partition coefficient (Wildman–Crippen LogP) is 2.11. The Balaban J connectivity index is 1.87. The fraction of sp³-hybridized carbons (Fsp3) is 0.357. The van der Waals surface area contributed by atoms with Gasteiger partial charge in [-0.1, -0.05) is 0 Å². The summed E-state index contributed by atoms with van der Waals surface area (Å²) in [7, 11) is 0. The highest BCUT2D eigenvalue weighted by Gasteiger charge is 2.15. The lowest BCUT2D eigenvalue weighted by molar-refractivity contribution is 0.174. The number of rotatable bonds is 5. The molecule has 0 fully saturated rings. The Morgan fingerprint density at radius 1 is 1.21 bits per heavy atom. The van der Waals surface area contributed by atoms with Crippen LogP contribution in [0.3, 0.4) is 0 Å². The first-order chi connectivity index (χ1) is 9.38. The number of pyridine rings is 1. The summed E-state index contributed by atoms with van der Waals surface area (Å²) in [5.74, 6) is 2.46. The van der Waals surface area contributed by atoms with Crippen LogP contribution >= 0.6 is 0 Å². The summed E-state index contributed by atoms with van der Waals surface area (Å²) in [5, 5.41) is 5.50. The van der Waals surface area contributed by atoms with E-state index in [0.717, 1.165) is 54.0 Å². The molecule has 3 N–H and O–H groups in total. The smallest absolute Gasteiger partial charge is 0.231 e. The van der Waals surface area contributed by atoms with E-state index >= 15 is 0 Å². The molecule has 0 amide bonds. The van der Waals surface area contributed by atoms with Crippen LogP contribution in [-0.4, -0.2) is 24.9 Å². The minimum absolute atomic E-state index is 0.290. The number of hydrogen-bond acceptors (Lipinski definition) is 5. The molecule has 5 heteroatoms. The maximum absolute atomic E-state index is 5.49. The summed E-state index contributed by atoms with van der Waals surface area (Å²) >= 11 is 0. The molecule has 1 aliphatic rings. The van der Waals surface area contributed by atoms with Gasteiger partial charge in [0.25, 0.3) is 0 Å². The third kappa shape index (κ3) is 2.42. The average Bonchev–Trinajstić information content (AvgIpc) is 2.88. The lowest BCUT2D eigenvalue weighted by Crippen LogP contribution is -2.06. The first-order valence-corrected chi connectivity index (χ1v) is 6.51. The van der Waals surface area contributed by atoms with E-state index in [1.807, 2.05) is 18.2 Å². The van der Waals surface area contributed by atoms with Crippen LogP contribution in [0.25, 0.3) is 10.8 Å². The van der Waals surface area contributed by atoms with Gasteiger partial charge in [-0.15, -0.1) is 0 Å². The van der Waals surface area contributed by atoms with Gasteiger partial charge in [0.05, 0.1) is 0 Å². The van der Waals surface area contributed by atoms with Crippen LogP contribution in [0.4, 0.5) is 5.82 Å². The number of aromatic nitrogens is 1. The predicted molar refractivity (Wildman–Crippen MR) is 74.6 cm³/mol. The Hall–Kier alpha value is -2.01. The molecule has 19 heavy (non-hydrogen) atoms. The number of hydrogen-bond donors (Lipinski definition) is 2. The molecule has 1 aromatic heterocycles. The molecule has 5 nitrogen and oxygen atoms in total. The summed E-state index contributed by atoms with van der Waals surface area (Å²) < 4.78 is 10.8. The van der Waals surface area contributed by atoms with Crippen molar-refractivity contribution in [1.82, 2.24) is 4.98 Å². The number of ether oxygens (including phenoxy) is 2. The minimum atomic E-state index is 0.290. The minimum Gasteiger partial charge on any atom is -0.454 e. The molecule has 0 saturated heterocycles. The van der Waals surface area contributed by atoms with E-state index in [0.29, 0.717) is 6.79 Å². The van der Waals surface area contributed by atoms with Crippen molar-refractivity contribution in [2.75, 3.05) is 25.2 Å². The van der Waals surface area contributed by atoms with Crippen LogP contribution in [-0.2, 0) is 0 Å². The summed E-state index contributed by atoms with van der Waals surface area (Å²) in [6, 6.07) is 5.95. The molecule has 1 aromatic carbocycles. The van der Waals surface area contributed by atoms with E-state index in [-0.39, 0.29) is 0 Å². The van der Waals surface area contributed by atoms with Crippen LogP contribution in [0, 0.1) is 0 Å². The number of unbranched alkanes of at least 4 members (excludes halogenated alkanes) is 1. The first kappa shape index (κ1) is 12.0. The average molecular weight is 259 g/mol. The Morgan fingerprint density at radius 3 is 2.89 bits per heavy atom. The van der Waals surface area contributed by atoms with E-state index < -0.39 is 0 Å². The fourth-order valence-electron chi connectivity index (χ4n) is 2.18. The first-order valence-electron chi connectivity index (χ1n) is 6.51. The zero-order chi connectivity index (χ0) is 13.1.